The van der Waals surface area contributed by atoms with Gasteiger partial charge in [-0.25, -0.2) is 0 Å². The lowest BCUT2D eigenvalue weighted by Crippen LogP contribution is -2.31. The van der Waals surface area contributed by atoms with Gasteiger partial charge in [0, 0.05) is 27.5 Å². The van der Waals surface area contributed by atoms with Gasteiger partial charge in [-0.3, -0.25) is 14.4 Å². The Labute approximate surface area is 231 Å². The average Bonchev–Trinajstić information content (AvgIpc) is 3.26. The van der Waals surface area contributed by atoms with E-state index in [4.69, 9.17) is 9.73 Å². The molecule has 1 aliphatic rings. The lowest BCUT2D eigenvalue weighted by Gasteiger charge is -2.14. The molecule has 3 N–H and O–H groups in total. The van der Waals surface area contributed by atoms with Crippen LogP contribution in [-0.2, 0) is 4.79 Å². The summed E-state index contributed by atoms with van der Waals surface area (Å²) < 4.78 is 7.50. The van der Waals surface area contributed by atoms with Crippen LogP contribution in [0.4, 0.5) is 0 Å². The molecular formula is C28H28BN5O4S. The van der Waals surface area contributed by atoms with E-state index < -0.39 is 13.2 Å². The molecule has 1 amide bonds. The minimum atomic E-state index is -1.55. The number of nitrogens with one attached hydrogen (secondary N) is 1. The molecule has 2 heterocycles. The van der Waals surface area contributed by atoms with E-state index in [1.165, 1.54) is 11.8 Å². The zero-order valence-electron chi connectivity index (χ0n) is 21.8. The lowest BCUT2D eigenvalue weighted by atomic mass is 9.80. The van der Waals surface area contributed by atoms with Crippen molar-refractivity contribution in [1.29, 1.82) is 0 Å². The van der Waals surface area contributed by atoms with Crippen molar-refractivity contribution in [2.24, 2.45) is 4.99 Å². The Bertz CT molecular complexity index is 1540. The van der Waals surface area contributed by atoms with Gasteiger partial charge in [-0.05, 0) is 55.7 Å². The van der Waals surface area contributed by atoms with E-state index in [9.17, 15) is 14.8 Å². The fraction of sp³-hybridized carbons (Fsp3) is 0.214. The van der Waals surface area contributed by atoms with Gasteiger partial charge in [-0.1, -0.05) is 42.1 Å². The number of hydrogen-bond acceptors (Lipinski definition) is 8. The van der Waals surface area contributed by atoms with Crippen LogP contribution in [0.5, 0.6) is 5.75 Å². The molecule has 198 valence electrons. The monoisotopic (exact) mass is 541 g/mol. The third kappa shape index (κ3) is 5.47. The Hall–Kier alpha value is -3.93. The van der Waals surface area contributed by atoms with Crippen LogP contribution >= 0.6 is 11.8 Å². The van der Waals surface area contributed by atoms with Gasteiger partial charge in [0.2, 0.25) is 5.91 Å². The molecule has 9 nitrogen and oxygen atoms in total. The normalized spacial score (nSPS) is 14.1. The number of nitrogens with zero attached hydrogens (tertiary/aromatic N) is 4. The van der Waals surface area contributed by atoms with Gasteiger partial charge in [0.25, 0.3) is 0 Å². The fourth-order valence-electron chi connectivity index (χ4n) is 4.61. The van der Waals surface area contributed by atoms with E-state index in [1.54, 1.807) is 19.2 Å². The van der Waals surface area contributed by atoms with Crippen molar-refractivity contribution in [2.75, 3.05) is 13.7 Å². The molecule has 0 aliphatic carbocycles. The molecule has 3 aromatic carbocycles. The smallest absolute Gasteiger partial charge is 0.489 e. The van der Waals surface area contributed by atoms with E-state index in [2.05, 4.69) is 15.5 Å². The number of carbonyl (C=O) groups excluding carboxylic acids is 1. The fourth-order valence-corrected chi connectivity index (χ4v) is 5.57. The molecule has 11 heteroatoms. The molecule has 4 aromatic rings. The van der Waals surface area contributed by atoms with Gasteiger partial charge in [0.1, 0.15) is 17.6 Å². The first kappa shape index (κ1) is 26.7. The highest BCUT2D eigenvalue weighted by atomic mass is 32.2. The predicted octanol–water partition coefficient (Wildman–Crippen LogP) is 2.83. The molecule has 1 unspecified atom stereocenters. The number of benzene rings is 3. The van der Waals surface area contributed by atoms with Crippen molar-refractivity contribution in [3.63, 3.8) is 0 Å². The van der Waals surface area contributed by atoms with Crippen LogP contribution < -0.4 is 15.5 Å². The minimum absolute atomic E-state index is 0.113. The summed E-state index contributed by atoms with van der Waals surface area (Å²) in [5.41, 5.74) is 3.72. The van der Waals surface area contributed by atoms with Crippen LogP contribution in [0.25, 0.3) is 5.69 Å². The number of aliphatic imine (C=N–C) groups is 1. The van der Waals surface area contributed by atoms with Gasteiger partial charge >= 0.3 is 7.12 Å². The number of aromatic nitrogens is 3. The van der Waals surface area contributed by atoms with Crippen molar-refractivity contribution in [2.45, 2.75) is 36.1 Å². The second-order valence-electron chi connectivity index (χ2n) is 9.01. The van der Waals surface area contributed by atoms with Crippen molar-refractivity contribution in [3.8, 4) is 11.4 Å². The maximum absolute atomic E-state index is 12.7. The largest absolute Gasteiger partial charge is 0.497 e. The van der Waals surface area contributed by atoms with Crippen LogP contribution in [0, 0.1) is 6.92 Å². The second kappa shape index (κ2) is 11.4. The molecule has 0 saturated carbocycles. The number of amides is 1. The van der Waals surface area contributed by atoms with Crippen molar-refractivity contribution in [3.05, 3.63) is 89.5 Å². The van der Waals surface area contributed by atoms with Gasteiger partial charge in [0.05, 0.1) is 24.9 Å². The maximum atomic E-state index is 12.7. The van der Waals surface area contributed by atoms with Gasteiger partial charge < -0.3 is 20.1 Å². The Morgan fingerprint density at radius 3 is 2.59 bits per heavy atom. The Balaban J connectivity index is 1.59. The summed E-state index contributed by atoms with van der Waals surface area (Å²) in [5.74, 6) is 1.87. The van der Waals surface area contributed by atoms with E-state index in [-0.39, 0.29) is 12.3 Å². The summed E-state index contributed by atoms with van der Waals surface area (Å²) in [7, 11) is 0.0708. The zero-order chi connectivity index (χ0) is 27.5. The quantitative estimate of drug-likeness (QED) is 0.293. The summed E-state index contributed by atoms with van der Waals surface area (Å²) in [4.78, 5) is 19.4. The number of fused-ring (bicyclic) bond motifs is 3. The summed E-state index contributed by atoms with van der Waals surface area (Å²) in [5, 5.41) is 31.0. The summed E-state index contributed by atoms with van der Waals surface area (Å²) in [6, 6.07) is 20.3. The van der Waals surface area contributed by atoms with Crippen LogP contribution in [0.3, 0.4) is 0 Å². The molecule has 0 fully saturated rings. The number of carbonyl (C=O) groups is 1. The van der Waals surface area contributed by atoms with Crippen molar-refractivity contribution < 1.29 is 19.6 Å². The average molecular weight is 541 g/mol. The number of ether oxygens (including phenoxy) is 1. The van der Waals surface area contributed by atoms with E-state index in [1.807, 2.05) is 73.0 Å². The predicted molar refractivity (Wildman–Crippen MR) is 151 cm³/mol. The van der Waals surface area contributed by atoms with Gasteiger partial charge in [0.15, 0.2) is 5.82 Å². The highest BCUT2D eigenvalue weighted by Gasteiger charge is 2.30. The third-order valence-corrected chi connectivity index (χ3v) is 7.54. The number of hydrogen-bond donors (Lipinski definition) is 3. The summed E-state index contributed by atoms with van der Waals surface area (Å²) in [6.45, 7) is 4.29. The maximum Gasteiger partial charge on any atom is 0.489 e. The highest BCUT2D eigenvalue weighted by Crippen LogP contribution is 2.35. The molecule has 5 rings (SSSR count). The topological polar surface area (TPSA) is 122 Å². The molecule has 39 heavy (non-hydrogen) atoms. The number of rotatable bonds is 8. The van der Waals surface area contributed by atoms with Gasteiger partial charge in [-0.15, -0.1) is 10.2 Å². The molecule has 1 aliphatic heterocycles. The highest BCUT2D eigenvalue weighted by molar-refractivity contribution is 7.99. The molecule has 1 atom stereocenters. The molecule has 0 bridgehead atoms. The van der Waals surface area contributed by atoms with E-state index in [0.29, 0.717) is 35.1 Å². The molecule has 1 aromatic heterocycles. The molecule has 0 spiro atoms. The molecule has 0 radical (unpaired) electrons. The van der Waals surface area contributed by atoms with Crippen LogP contribution in [0.1, 0.15) is 42.2 Å². The SMILES string of the molecule is CCNC(=O)CC1N=C(c2ccc(Sc3ccccc3B(O)O)cc2)c2cc(OC)ccc2-n2c(C)nnc21. The number of aryl methyl sites for hydroxylation is 1. The lowest BCUT2D eigenvalue weighted by molar-refractivity contribution is -0.121. The summed E-state index contributed by atoms with van der Waals surface area (Å²) in [6.07, 6.45) is 0.134. The molecular weight excluding hydrogens is 513 g/mol. The zero-order valence-corrected chi connectivity index (χ0v) is 22.6. The van der Waals surface area contributed by atoms with Crippen LogP contribution in [-0.4, -0.2) is 57.2 Å². The van der Waals surface area contributed by atoms with E-state index in [0.717, 1.165) is 26.6 Å². The Kier molecular flexibility index (Phi) is 7.83. The first-order valence-corrected chi connectivity index (χ1v) is 13.4. The van der Waals surface area contributed by atoms with Crippen LogP contribution in [0.15, 0.2) is 81.5 Å². The number of methoxy groups -OCH3 is 1. The van der Waals surface area contributed by atoms with E-state index >= 15 is 0 Å². The standard InChI is InChI=1S/C28H28BN5O4S/c1-4-30-26(35)16-23-28-33-32-17(2)34(28)24-14-11-19(38-3)15-21(24)27(31-23)18-9-12-20(13-10-18)39-25-8-6-5-7-22(25)29(36)37/h5-15,23,36-37H,4,16H2,1-3H3,(H,30,35). The molecule has 0 saturated heterocycles. The summed E-state index contributed by atoms with van der Waals surface area (Å²) >= 11 is 1.45. The Morgan fingerprint density at radius 1 is 1.10 bits per heavy atom. The minimum Gasteiger partial charge on any atom is -0.497 e. The van der Waals surface area contributed by atoms with Crippen molar-refractivity contribution >= 4 is 36.0 Å². The first-order valence-electron chi connectivity index (χ1n) is 12.6. The third-order valence-electron chi connectivity index (χ3n) is 6.44. The second-order valence-corrected chi connectivity index (χ2v) is 10.1. The Morgan fingerprint density at radius 2 is 1.87 bits per heavy atom. The first-order chi connectivity index (χ1) is 18.9. The van der Waals surface area contributed by atoms with Gasteiger partial charge in [-0.2, -0.15) is 0 Å². The van der Waals surface area contributed by atoms with Crippen molar-refractivity contribution in [1.82, 2.24) is 20.1 Å². The van der Waals surface area contributed by atoms with Crippen LogP contribution in [0.2, 0.25) is 0 Å².